The molecule has 1 aliphatic carbocycles. The summed E-state index contributed by atoms with van der Waals surface area (Å²) in [6.45, 7) is 1.13. The number of nitrogens with zero attached hydrogens (tertiary/aromatic N) is 2. The van der Waals surface area contributed by atoms with Crippen molar-refractivity contribution in [2.45, 2.75) is 57.2 Å². The number of aryl methyl sites for hydroxylation is 1. The minimum absolute atomic E-state index is 0.0351. The van der Waals surface area contributed by atoms with E-state index in [2.05, 4.69) is 10.3 Å². The summed E-state index contributed by atoms with van der Waals surface area (Å²) in [6, 6.07) is 9.57. The molecule has 35 heavy (non-hydrogen) atoms. The third-order valence-corrected chi connectivity index (χ3v) is 7.28. The summed E-state index contributed by atoms with van der Waals surface area (Å²) in [7, 11) is 0. The van der Waals surface area contributed by atoms with E-state index in [9.17, 15) is 27.9 Å². The topological polar surface area (TPSA) is 82.5 Å². The molecule has 1 aromatic heterocycles. The fourth-order valence-corrected chi connectivity index (χ4v) is 5.27. The van der Waals surface area contributed by atoms with E-state index in [0.717, 1.165) is 43.5 Å². The number of carbonyl (C=O) groups is 2. The molecule has 1 amide bonds. The number of benzene rings is 1. The van der Waals surface area contributed by atoms with E-state index in [4.69, 9.17) is 0 Å². The Labute approximate surface area is 202 Å². The quantitative estimate of drug-likeness (QED) is 0.576. The highest BCUT2D eigenvalue weighted by Gasteiger charge is 2.33. The Morgan fingerprint density at radius 3 is 2.46 bits per heavy atom. The van der Waals surface area contributed by atoms with Crippen molar-refractivity contribution in [1.82, 2.24) is 10.3 Å². The van der Waals surface area contributed by atoms with Gasteiger partial charge in [0.1, 0.15) is 5.82 Å². The summed E-state index contributed by atoms with van der Waals surface area (Å²) in [5.74, 6) is -0.205. The van der Waals surface area contributed by atoms with Crippen LogP contribution in [-0.2, 0) is 17.4 Å². The predicted octanol–water partition coefficient (Wildman–Crippen LogP) is 4.93. The van der Waals surface area contributed by atoms with Gasteiger partial charge in [0.15, 0.2) is 0 Å². The van der Waals surface area contributed by atoms with Gasteiger partial charge in [-0.15, -0.1) is 0 Å². The van der Waals surface area contributed by atoms with Gasteiger partial charge in [0.2, 0.25) is 5.91 Å². The van der Waals surface area contributed by atoms with Gasteiger partial charge in [0, 0.05) is 31.2 Å². The van der Waals surface area contributed by atoms with Crippen LogP contribution in [-0.4, -0.2) is 41.1 Å². The molecule has 2 N–H and O–H groups in total. The molecule has 0 unspecified atom stereocenters. The van der Waals surface area contributed by atoms with Crippen molar-refractivity contribution in [2.75, 3.05) is 18.0 Å². The van der Waals surface area contributed by atoms with Crippen molar-refractivity contribution >= 4 is 17.7 Å². The Morgan fingerprint density at radius 1 is 1.06 bits per heavy atom. The van der Waals surface area contributed by atoms with Crippen LogP contribution in [0.4, 0.5) is 19.0 Å². The molecule has 1 aliphatic heterocycles. The Kier molecular flexibility index (Phi) is 7.62. The fraction of sp³-hybridized carbons (Fsp3) is 0.500. The molecule has 188 valence electrons. The molecule has 0 radical (unpaired) electrons. The number of aromatic nitrogens is 1. The Bertz CT molecular complexity index is 1030. The minimum atomic E-state index is -4.41. The molecule has 1 saturated heterocycles. The maximum absolute atomic E-state index is 13.0. The van der Waals surface area contributed by atoms with E-state index in [1.165, 1.54) is 6.07 Å². The molecular weight excluding hydrogens is 459 g/mol. The third kappa shape index (κ3) is 6.13. The van der Waals surface area contributed by atoms with Crippen molar-refractivity contribution in [3.05, 3.63) is 59.3 Å². The number of hydrogen-bond acceptors (Lipinski definition) is 4. The highest BCUT2D eigenvalue weighted by atomic mass is 19.4. The number of hydrogen-bond donors (Lipinski definition) is 2. The first-order valence-corrected chi connectivity index (χ1v) is 12.1. The molecule has 2 aliphatic rings. The lowest BCUT2D eigenvalue weighted by Crippen LogP contribution is -2.45. The molecule has 2 heterocycles. The molecule has 2 aromatic rings. The molecule has 1 aromatic carbocycles. The molecule has 2 atom stereocenters. The lowest BCUT2D eigenvalue weighted by molar-refractivity contribution is -0.137. The minimum Gasteiger partial charge on any atom is -0.478 e. The smallest absolute Gasteiger partial charge is 0.417 e. The number of alkyl halides is 3. The van der Waals surface area contributed by atoms with Crippen LogP contribution in [0.3, 0.4) is 0 Å². The van der Waals surface area contributed by atoms with E-state index in [1.807, 2.05) is 17.0 Å². The number of halogens is 3. The number of piperidine rings is 1. The first kappa shape index (κ1) is 25.0. The molecule has 1 saturated carbocycles. The largest absolute Gasteiger partial charge is 0.478 e. The number of carbonyl (C=O) groups excluding carboxylic acids is 1. The second-order valence-electron chi connectivity index (χ2n) is 9.47. The molecule has 9 heteroatoms. The summed E-state index contributed by atoms with van der Waals surface area (Å²) in [5.41, 5.74) is 0.384. The molecular formula is C26H30F3N3O3. The first-order valence-electron chi connectivity index (χ1n) is 12.1. The van der Waals surface area contributed by atoms with Gasteiger partial charge in [-0.05, 0) is 68.2 Å². The van der Waals surface area contributed by atoms with E-state index in [0.29, 0.717) is 49.7 Å². The molecule has 0 spiro atoms. The summed E-state index contributed by atoms with van der Waals surface area (Å²) >= 11 is 0. The molecule has 4 rings (SSSR count). The normalized spacial score (nSPS) is 21.2. The van der Waals surface area contributed by atoms with Gasteiger partial charge in [-0.3, -0.25) is 4.79 Å². The number of carboxylic acids is 1. The zero-order valence-electron chi connectivity index (χ0n) is 19.4. The Balaban J connectivity index is 1.27. The second-order valence-corrected chi connectivity index (χ2v) is 9.47. The van der Waals surface area contributed by atoms with E-state index < -0.39 is 17.7 Å². The number of pyridine rings is 1. The summed E-state index contributed by atoms with van der Waals surface area (Å²) in [5, 5.41) is 12.6. The van der Waals surface area contributed by atoms with Crippen molar-refractivity contribution in [1.29, 1.82) is 0 Å². The lowest BCUT2D eigenvalue weighted by Gasteiger charge is -2.33. The molecule has 2 fully saturated rings. The number of nitrogens with one attached hydrogen (secondary N) is 1. The summed E-state index contributed by atoms with van der Waals surface area (Å²) in [4.78, 5) is 30.3. The van der Waals surface area contributed by atoms with Crippen LogP contribution < -0.4 is 10.2 Å². The van der Waals surface area contributed by atoms with Crippen LogP contribution in [0.25, 0.3) is 0 Å². The Morgan fingerprint density at radius 2 is 1.80 bits per heavy atom. The van der Waals surface area contributed by atoms with E-state index in [-0.39, 0.29) is 17.9 Å². The predicted molar refractivity (Wildman–Crippen MR) is 125 cm³/mol. The van der Waals surface area contributed by atoms with Gasteiger partial charge < -0.3 is 15.3 Å². The number of aromatic carboxylic acids is 1. The summed E-state index contributed by atoms with van der Waals surface area (Å²) in [6.07, 6.45) is 2.15. The van der Waals surface area contributed by atoms with Crippen LogP contribution in [0, 0.1) is 11.8 Å². The number of amides is 1. The van der Waals surface area contributed by atoms with E-state index in [1.54, 1.807) is 12.1 Å². The number of carboxylic acid groups (broad SMARTS) is 1. The van der Waals surface area contributed by atoms with Crippen LogP contribution in [0.15, 0.2) is 42.6 Å². The zero-order chi connectivity index (χ0) is 25.0. The number of anilines is 1. The van der Waals surface area contributed by atoms with Gasteiger partial charge in [0.05, 0.1) is 11.1 Å². The number of rotatable bonds is 7. The third-order valence-electron chi connectivity index (χ3n) is 7.28. The maximum Gasteiger partial charge on any atom is 0.417 e. The van der Waals surface area contributed by atoms with Crippen molar-refractivity contribution < 1.29 is 27.9 Å². The van der Waals surface area contributed by atoms with Crippen LogP contribution in [0.5, 0.6) is 0 Å². The van der Waals surface area contributed by atoms with Gasteiger partial charge in [0.25, 0.3) is 0 Å². The standard InChI is InChI=1S/C26H30F3N3O3/c27-26(28,29)20-10-11-23(30-16-20)32-14-12-19(13-15-32)24(33)31-22-7-3-5-18(22)9-8-17-4-1-2-6-21(17)25(34)35/h1-2,4,6,10-11,16,18-19,22H,3,5,7-9,12-15H2,(H,31,33)(H,34,35)/t18-,22-/m0/s1. The average molecular weight is 490 g/mol. The van der Waals surface area contributed by atoms with Gasteiger partial charge in [-0.1, -0.05) is 24.6 Å². The van der Waals surface area contributed by atoms with Gasteiger partial charge in [-0.2, -0.15) is 13.2 Å². The first-order chi connectivity index (χ1) is 16.7. The van der Waals surface area contributed by atoms with Crippen LogP contribution in [0.2, 0.25) is 0 Å². The lowest BCUT2D eigenvalue weighted by atomic mass is 9.91. The monoisotopic (exact) mass is 489 g/mol. The second kappa shape index (κ2) is 10.7. The highest BCUT2D eigenvalue weighted by molar-refractivity contribution is 5.89. The van der Waals surface area contributed by atoms with Crippen LogP contribution in [0.1, 0.15) is 60.0 Å². The maximum atomic E-state index is 13.0. The average Bonchev–Trinajstić information content (AvgIpc) is 3.29. The Hall–Kier alpha value is -3.10. The van der Waals surface area contributed by atoms with E-state index >= 15 is 0 Å². The van der Waals surface area contributed by atoms with Crippen molar-refractivity contribution in [2.24, 2.45) is 11.8 Å². The SMILES string of the molecule is O=C(O)c1ccccc1CC[C@@H]1CCC[C@@H]1NC(=O)C1CCN(c2ccc(C(F)(F)F)cn2)CC1. The van der Waals surface area contributed by atoms with Gasteiger partial charge >= 0.3 is 12.1 Å². The fourth-order valence-electron chi connectivity index (χ4n) is 5.27. The van der Waals surface area contributed by atoms with Crippen molar-refractivity contribution in [3.63, 3.8) is 0 Å². The molecule has 0 bridgehead atoms. The van der Waals surface area contributed by atoms with Gasteiger partial charge in [-0.25, -0.2) is 9.78 Å². The highest BCUT2D eigenvalue weighted by Crippen LogP contribution is 2.32. The molecule has 6 nitrogen and oxygen atoms in total. The van der Waals surface area contributed by atoms with Crippen molar-refractivity contribution in [3.8, 4) is 0 Å². The summed E-state index contributed by atoms with van der Waals surface area (Å²) < 4.78 is 38.3. The zero-order valence-corrected chi connectivity index (χ0v) is 19.4. The van der Waals surface area contributed by atoms with Crippen LogP contribution >= 0.6 is 0 Å².